The first-order valence-electron chi connectivity index (χ1n) is 12.8. The molecule has 0 aliphatic carbocycles. The third-order valence-electron chi connectivity index (χ3n) is 7.74. The van der Waals surface area contributed by atoms with Crippen LogP contribution in [0.5, 0.6) is 0 Å². The molecule has 8 heteroatoms. The molecule has 4 heterocycles. The molecule has 3 N–H and O–H groups in total. The van der Waals surface area contributed by atoms with E-state index in [1.807, 2.05) is 29.2 Å². The Hall–Kier alpha value is -2.54. The van der Waals surface area contributed by atoms with Gasteiger partial charge in [-0.1, -0.05) is 29.3 Å². The van der Waals surface area contributed by atoms with Crippen molar-refractivity contribution >= 4 is 52.0 Å². The molecule has 2 aromatic heterocycles. The minimum atomic E-state index is 0.0649. The third kappa shape index (κ3) is 5.88. The first-order chi connectivity index (χ1) is 17.5. The molecule has 0 bridgehead atoms. The van der Waals surface area contributed by atoms with Crippen LogP contribution in [0.25, 0.3) is 17.1 Å². The largest absolute Gasteiger partial charge is 0.384 e. The lowest BCUT2D eigenvalue weighted by Gasteiger charge is -2.35. The van der Waals surface area contributed by atoms with E-state index in [0.29, 0.717) is 27.7 Å². The predicted octanol–water partition coefficient (Wildman–Crippen LogP) is 5.97. The molecule has 0 radical (unpaired) electrons. The van der Waals surface area contributed by atoms with Gasteiger partial charge in [0.2, 0.25) is 5.91 Å². The summed E-state index contributed by atoms with van der Waals surface area (Å²) in [6.07, 6.45) is 11.2. The number of benzene rings is 1. The maximum Gasteiger partial charge on any atom is 0.246 e. The number of nitrogens with zero attached hydrogens (tertiary/aromatic N) is 3. The molecule has 6 nitrogen and oxygen atoms in total. The van der Waals surface area contributed by atoms with Gasteiger partial charge >= 0.3 is 0 Å². The smallest absolute Gasteiger partial charge is 0.246 e. The lowest BCUT2D eigenvalue weighted by molar-refractivity contribution is -0.127. The van der Waals surface area contributed by atoms with Gasteiger partial charge in [-0.25, -0.2) is 4.98 Å². The molecule has 2 saturated heterocycles. The van der Waals surface area contributed by atoms with Crippen LogP contribution in [0.4, 0.5) is 5.82 Å². The van der Waals surface area contributed by atoms with E-state index in [-0.39, 0.29) is 5.91 Å². The molecule has 5 rings (SSSR count). The highest BCUT2D eigenvalue weighted by Gasteiger charge is 2.25. The fourth-order valence-electron chi connectivity index (χ4n) is 5.51. The summed E-state index contributed by atoms with van der Waals surface area (Å²) >= 11 is 12.0. The van der Waals surface area contributed by atoms with Crippen LogP contribution in [0.3, 0.4) is 0 Å². The summed E-state index contributed by atoms with van der Waals surface area (Å²) in [6.45, 7) is 5.04. The summed E-state index contributed by atoms with van der Waals surface area (Å²) in [7, 11) is 0. The van der Waals surface area contributed by atoms with Crippen LogP contribution < -0.4 is 5.73 Å². The van der Waals surface area contributed by atoms with Crippen molar-refractivity contribution in [3.05, 3.63) is 63.8 Å². The van der Waals surface area contributed by atoms with Crippen molar-refractivity contribution in [1.29, 1.82) is 0 Å². The van der Waals surface area contributed by atoms with Gasteiger partial charge in [0.15, 0.2) is 0 Å². The molecule has 190 valence electrons. The molecule has 1 aromatic carbocycles. The highest BCUT2D eigenvalue weighted by Crippen LogP contribution is 2.33. The number of fused-ring (bicyclic) bond motifs is 1. The van der Waals surface area contributed by atoms with Crippen molar-refractivity contribution in [1.82, 2.24) is 19.8 Å². The first kappa shape index (κ1) is 25.1. The minimum absolute atomic E-state index is 0.0649. The number of nitrogens with two attached hydrogens (primary N) is 1. The van der Waals surface area contributed by atoms with Crippen molar-refractivity contribution < 1.29 is 4.79 Å². The number of aromatic nitrogens is 2. The first-order valence-corrected chi connectivity index (χ1v) is 13.6. The quantitative estimate of drug-likeness (QED) is 0.388. The Morgan fingerprint density at radius 1 is 1.06 bits per heavy atom. The number of anilines is 1. The van der Waals surface area contributed by atoms with Gasteiger partial charge < -0.3 is 20.5 Å². The Labute approximate surface area is 222 Å². The second-order valence-corrected chi connectivity index (χ2v) is 10.9. The zero-order valence-corrected chi connectivity index (χ0v) is 21.9. The van der Waals surface area contributed by atoms with E-state index < -0.39 is 0 Å². The molecule has 2 aliphatic heterocycles. The van der Waals surface area contributed by atoms with E-state index in [4.69, 9.17) is 28.9 Å². The maximum absolute atomic E-state index is 12.6. The normalized spacial score (nSPS) is 18.4. The molecule has 2 aliphatic rings. The Morgan fingerprint density at radius 3 is 2.58 bits per heavy atom. The van der Waals surface area contributed by atoms with Crippen molar-refractivity contribution in [2.24, 2.45) is 5.92 Å². The van der Waals surface area contributed by atoms with Gasteiger partial charge in [-0.2, -0.15) is 0 Å². The maximum atomic E-state index is 12.6. The topological polar surface area (TPSA) is 78.3 Å². The van der Waals surface area contributed by atoms with Crippen LogP contribution in [0.15, 0.2) is 42.6 Å². The Kier molecular flexibility index (Phi) is 7.85. The van der Waals surface area contributed by atoms with Gasteiger partial charge in [0, 0.05) is 25.4 Å². The molecule has 0 saturated carbocycles. The molecule has 0 spiro atoms. The second kappa shape index (κ2) is 11.2. The van der Waals surface area contributed by atoms with Gasteiger partial charge in [-0.3, -0.25) is 4.79 Å². The summed E-state index contributed by atoms with van der Waals surface area (Å²) in [6, 6.07) is 9.25. The number of hydrogen-bond acceptors (Lipinski definition) is 4. The van der Waals surface area contributed by atoms with Crippen molar-refractivity contribution in [3.8, 4) is 0 Å². The van der Waals surface area contributed by atoms with Crippen LogP contribution in [-0.2, 0) is 4.79 Å². The monoisotopic (exact) mass is 525 g/mol. The van der Waals surface area contributed by atoms with Crippen molar-refractivity contribution in [2.75, 3.05) is 38.5 Å². The summed E-state index contributed by atoms with van der Waals surface area (Å²) in [5.74, 6) is 1.87. The number of carbonyl (C=O) groups excluding carboxylic acids is 1. The number of nitrogen functional groups attached to an aromatic ring is 1. The summed E-state index contributed by atoms with van der Waals surface area (Å²) in [5.41, 5.74) is 10.2. The minimum Gasteiger partial charge on any atom is -0.384 e. The lowest BCUT2D eigenvalue weighted by Crippen LogP contribution is -2.39. The number of pyridine rings is 1. The van der Waals surface area contributed by atoms with E-state index in [1.165, 1.54) is 12.0 Å². The fraction of sp³-hybridized carbons (Fsp3) is 0.429. The second-order valence-electron chi connectivity index (χ2n) is 10.1. The van der Waals surface area contributed by atoms with Gasteiger partial charge in [0.1, 0.15) is 5.82 Å². The SMILES string of the molecule is Nc1ccc2[nH]cc(C3CCN(CCC4CCN(C(=O)/C=C/c5ccc(Cl)c(Cl)c5)CC4)CC3)c2n1. The van der Waals surface area contributed by atoms with Crippen molar-refractivity contribution in [2.45, 2.75) is 38.0 Å². The number of piperidine rings is 2. The van der Waals surface area contributed by atoms with Crippen LogP contribution in [0.2, 0.25) is 10.0 Å². The highest BCUT2D eigenvalue weighted by atomic mass is 35.5. The van der Waals surface area contributed by atoms with Crippen LogP contribution >= 0.6 is 23.2 Å². The van der Waals surface area contributed by atoms with E-state index in [0.717, 1.165) is 75.0 Å². The summed E-state index contributed by atoms with van der Waals surface area (Å²) in [5, 5.41) is 1.01. The zero-order chi connectivity index (χ0) is 25.1. The molecular formula is C28H33Cl2N5O. The van der Waals surface area contributed by atoms with E-state index in [2.05, 4.69) is 21.1 Å². The van der Waals surface area contributed by atoms with Crippen LogP contribution in [0, 0.1) is 5.92 Å². The summed E-state index contributed by atoms with van der Waals surface area (Å²) in [4.78, 5) is 25.1. The Bertz CT molecular complexity index is 1240. The third-order valence-corrected chi connectivity index (χ3v) is 8.48. The number of carbonyl (C=O) groups is 1. The molecule has 36 heavy (non-hydrogen) atoms. The Balaban J connectivity index is 1.04. The lowest BCUT2D eigenvalue weighted by atomic mass is 9.89. The standard InChI is InChI=1S/C28H33Cl2N5O/c29-23-3-1-20(17-24(23)30)2-6-27(36)35-15-8-19(9-16-35)7-12-34-13-10-21(11-14-34)22-18-32-25-4-5-26(31)33-28(22)25/h1-6,17-19,21,32H,7-16H2,(H2,31,33)/b6-2+. The highest BCUT2D eigenvalue weighted by molar-refractivity contribution is 6.42. The molecule has 1 amide bonds. The number of hydrogen-bond donors (Lipinski definition) is 2. The van der Waals surface area contributed by atoms with Crippen LogP contribution in [0.1, 0.15) is 49.1 Å². The zero-order valence-electron chi connectivity index (χ0n) is 20.4. The van der Waals surface area contributed by atoms with Gasteiger partial charge in [-0.05, 0) is 105 Å². The fourth-order valence-corrected chi connectivity index (χ4v) is 5.82. The molecular weight excluding hydrogens is 493 g/mol. The van der Waals surface area contributed by atoms with E-state index in [9.17, 15) is 4.79 Å². The average molecular weight is 527 g/mol. The van der Waals surface area contributed by atoms with Gasteiger partial charge in [0.05, 0.1) is 21.1 Å². The number of likely N-dealkylation sites (tertiary alicyclic amines) is 2. The molecule has 0 atom stereocenters. The Morgan fingerprint density at radius 2 is 1.83 bits per heavy atom. The van der Waals surface area contributed by atoms with Gasteiger partial charge in [0.25, 0.3) is 0 Å². The molecule has 0 unspecified atom stereocenters. The average Bonchev–Trinajstić information content (AvgIpc) is 3.31. The predicted molar refractivity (Wildman–Crippen MR) is 148 cm³/mol. The summed E-state index contributed by atoms with van der Waals surface area (Å²) < 4.78 is 0. The number of nitrogens with one attached hydrogen (secondary N) is 1. The number of aromatic amines is 1. The molecule has 2 fully saturated rings. The molecule has 3 aromatic rings. The number of rotatable bonds is 6. The number of halogens is 2. The van der Waals surface area contributed by atoms with Crippen LogP contribution in [-0.4, -0.2) is 58.4 Å². The number of amides is 1. The van der Waals surface area contributed by atoms with Gasteiger partial charge in [-0.15, -0.1) is 0 Å². The number of H-pyrrole nitrogens is 1. The van der Waals surface area contributed by atoms with Crippen molar-refractivity contribution in [3.63, 3.8) is 0 Å². The van der Waals surface area contributed by atoms with E-state index in [1.54, 1.807) is 18.2 Å². The van der Waals surface area contributed by atoms with E-state index >= 15 is 0 Å².